The second-order valence-corrected chi connectivity index (χ2v) is 6.06. The molecule has 0 radical (unpaired) electrons. The first-order valence-corrected chi connectivity index (χ1v) is 7.19. The lowest BCUT2D eigenvalue weighted by molar-refractivity contribution is 0.0299. The van der Waals surface area contributed by atoms with E-state index in [1.807, 2.05) is 0 Å². The van der Waals surface area contributed by atoms with Crippen LogP contribution in [0.25, 0.3) is 0 Å². The average molecular weight is 279 g/mol. The Labute approximate surface area is 120 Å². The summed E-state index contributed by atoms with van der Waals surface area (Å²) in [6.07, 6.45) is 3.68. The lowest BCUT2D eigenvalue weighted by Gasteiger charge is -2.34. The number of nitrogen functional groups attached to an aromatic ring is 1. The number of hydrazine groups is 1. The van der Waals surface area contributed by atoms with Gasteiger partial charge in [0.2, 0.25) is 0 Å². The Hall–Kier alpha value is -1.40. The Morgan fingerprint density at radius 2 is 1.95 bits per heavy atom. The molecular formula is C14H25N5O. The van der Waals surface area contributed by atoms with Crippen LogP contribution in [0.3, 0.4) is 0 Å². The van der Waals surface area contributed by atoms with Crippen molar-refractivity contribution < 1.29 is 4.74 Å². The standard InChI is InChI=1S/C14H25N5O/c1-10(2)11-12(17-9-18-13(11)19-15)16-8-14(3)4-6-20-7-5-14/h9-10H,4-8,15H2,1-3H3,(H2,16,17,18,19). The Morgan fingerprint density at radius 3 is 2.55 bits per heavy atom. The minimum Gasteiger partial charge on any atom is -0.381 e. The molecule has 1 aliphatic rings. The van der Waals surface area contributed by atoms with Gasteiger partial charge in [-0.3, -0.25) is 0 Å². The maximum absolute atomic E-state index is 5.54. The number of rotatable bonds is 5. The monoisotopic (exact) mass is 279 g/mol. The zero-order valence-electron chi connectivity index (χ0n) is 12.6. The first-order valence-electron chi connectivity index (χ1n) is 7.19. The quantitative estimate of drug-likeness (QED) is 0.565. The fourth-order valence-electron chi connectivity index (χ4n) is 2.54. The molecule has 2 heterocycles. The van der Waals surface area contributed by atoms with Crippen molar-refractivity contribution in [3.63, 3.8) is 0 Å². The van der Waals surface area contributed by atoms with Gasteiger partial charge in [-0.2, -0.15) is 0 Å². The fourth-order valence-corrected chi connectivity index (χ4v) is 2.54. The van der Waals surface area contributed by atoms with Gasteiger partial charge in [0.1, 0.15) is 18.0 Å². The van der Waals surface area contributed by atoms with Gasteiger partial charge in [0.15, 0.2) is 0 Å². The van der Waals surface area contributed by atoms with Gasteiger partial charge >= 0.3 is 0 Å². The molecule has 6 heteroatoms. The third kappa shape index (κ3) is 3.37. The maximum atomic E-state index is 5.54. The Balaban J connectivity index is 2.12. The topological polar surface area (TPSA) is 85.1 Å². The minimum absolute atomic E-state index is 0.258. The number of nitrogens with zero attached hydrogens (tertiary/aromatic N) is 2. The molecular weight excluding hydrogens is 254 g/mol. The SMILES string of the molecule is CC(C)c1c(NN)ncnc1NCC1(C)CCOCC1. The number of ether oxygens (including phenoxy) is 1. The smallest absolute Gasteiger partial charge is 0.148 e. The van der Waals surface area contributed by atoms with Crippen LogP contribution >= 0.6 is 0 Å². The molecule has 1 fully saturated rings. The third-order valence-electron chi connectivity index (χ3n) is 3.98. The highest BCUT2D eigenvalue weighted by molar-refractivity contribution is 5.58. The van der Waals surface area contributed by atoms with E-state index in [9.17, 15) is 0 Å². The van der Waals surface area contributed by atoms with Crippen LogP contribution in [0.2, 0.25) is 0 Å². The fraction of sp³-hybridized carbons (Fsp3) is 0.714. The number of anilines is 2. The molecule has 1 aliphatic heterocycles. The van der Waals surface area contributed by atoms with Crippen molar-refractivity contribution in [2.75, 3.05) is 30.5 Å². The van der Waals surface area contributed by atoms with Crippen molar-refractivity contribution in [1.82, 2.24) is 9.97 Å². The highest BCUT2D eigenvalue weighted by atomic mass is 16.5. The molecule has 0 saturated carbocycles. The molecule has 0 bridgehead atoms. The molecule has 0 unspecified atom stereocenters. The number of aromatic nitrogens is 2. The summed E-state index contributed by atoms with van der Waals surface area (Å²) in [5, 5.41) is 3.48. The summed E-state index contributed by atoms with van der Waals surface area (Å²) in [6, 6.07) is 0. The molecule has 20 heavy (non-hydrogen) atoms. The third-order valence-corrected chi connectivity index (χ3v) is 3.98. The Morgan fingerprint density at radius 1 is 1.30 bits per heavy atom. The minimum atomic E-state index is 0.258. The number of nitrogens with two attached hydrogens (primary N) is 1. The molecule has 1 saturated heterocycles. The van der Waals surface area contributed by atoms with Gasteiger partial charge in [0.25, 0.3) is 0 Å². The second kappa shape index (κ2) is 6.37. The summed E-state index contributed by atoms with van der Waals surface area (Å²) < 4.78 is 5.44. The molecule has 6 nitrogen and oxygen atoms in total. The van der Waals surface area contributed by atoms with Gasteiger partial charge in [-0.15, -0.1) is 0 Å². The van der Waals surface area contributed by atoms with Gasteiger partial charge in [0.05, 0.1) is 0 Å². The van der Waals surface area contributed by atoms with Crippen molar-refractivity contribution in [2.24, 2.45) is 11.3 Å². The maximum Gasteiger partial charge on any atom is 0.148 e. The van der Waals surface area contributed by atoms with Crippen molar-refractivity contribution in [3.8, 4) is 0 Å². The molecule has 2 rings (SSSR count). The average Bonchev–Trinajstić information content (AvgIpc) is 2.45. The van der Waals surface area contributed by atoms with Crippen molar-refractivity contribution in [2.45, 2.75) is 39.5 Å². The van der Waals surface area contributed by atoms with Gasteiger partial charge < -0.3 is 15.5 Å². The van der Waals surface area contributed by atoms with E-state index in [1.54, 1.807) is 0 Å². The van der Waals surface area contributed by atoms with Gasteiger partial charge in [0, 0.05) is 25.3 Å². The predicted molar refractivity (Wildman–Crippen MR) is 80.6 cm³/mol. The van der Waals surface area contributed by atoms with E-state index < -0.39 is 0 Å². The summed E-state index contributed by atoms with van der Waals surface area (Å²) >= 11 is 0. The van der Waals surface area contributed by atoms with E-state index in [2.05, 4.69) is 41.5 Å². The van der Waals surface area contributed by atoms with E-state index in [-0.39, 0.29) is 5.41 Å². The van der Waals surface area contributed by atoms with Crippen LogP contribution in [0, 0.1) is 5.41 Å². The summed E-state index contributed by atoms with van der Waals surface area (Å²) in [5.41, 5.74) is 3.94. The van der Waals surface area contributed by atoms with Crippen LogP contribution < -0.4 is 16.6 Å². The van der Waals surface area contributed by atoms with Gasteiger partial charge in [-0.25, -0.2) is 15.8 Å². The van der Waals surface area contributed by atoms with Crippen molar-refractivity contribution >= 4 is 11.6 Å². The van der Waals surface area contributed by atoms with Crippen LogP contribution in [0.5, 0.6) is 0 Å². The highest BCUT2D eigenvalue weighted by Crippen LogP contribution is 2.32. The highest BCUT2D eigenvalue weighted by Gasteiger charge is 2.27. The zero-order valence-corrected chi connectivity index (χ0v) is 12.6. The van der Waals surface area contributed by atoms with E-state index >= 15 is 0 Å². The summed E-state index contributed by atoms with van der Waals surface area (Å²) in [4.78, 5) is 8.56. The van der Waals surface area contributed by atoms with E-state index in [0.717, 1.165) is 44.0 Å². The number of hydrogen-bond acceptors (Lipinski definition) is 6. The lowest BCUT2D eigenvalue weighted by Crippen LogP contribution is -2.33. The lowest BCUT2D eigenvalue weighted by atomic mass is 9.82. The van der Waals surface area contributed by atoms with Crippen LogP contribution in [0.15, 0.2) is 6.33 Å². The Bertz CT molecular complexity index is 443. The van der Waals surface area contributed by atoms with E-state index in [1.165, 1.54) is 6.33 Å². The van der Waals surface area contributed by atoms with Crippen LogP contribution in [0.4, 0.5) is 11.6 Å². The van der Waals surface area contributed by atoms with Gasteiger partial charge in [-0.05, 0) is 24.2 Å². The van der Waals surface area contributed by atoms with Crippen molar-refractivity contribution in [3.05, 3.63) is 11.9 Å². The van der Waals surface area contributed by atoms with Crippen LogP contribution in [0.1, 0.15) is 45.1 Å². The summed E-state index contributed by atoms with van der Waals surface area (Å²) in [5.74, 6) is 7.40. The van der Waals surface area contributed by atoms with Gasteiger partial charge in [-0.1, -0.05) is 20.8 Å². The number of hydrogen-bond donors (Lipinski definition) is 3. The normalized spacial score (nSPS) is 18.1. The largest absolute Gasteiger partial charge is 0.381 e. The molecule has 0 spiro atoms. The molecule has 0 amide bonds. The molecule has 1 aromatic heterocycles. The van der Waals surface area contributed by atoms with E-state index in [4.69, 9.17) is 10.6 Å². The summed E-state index contributed by atoms with van der Waals surface area (Å²) in [6.45, 7) is 9.09. The second-order valence-electron chi connectivity index (χ2n) is 6.06. The molecule has 112 valence electrons. The number of nitrogens with one attached hydrogen (secondary N) is 2. The molecule has 0 atom stereocenters. The van der Waals surface area contributed by atoms with E-state index in [0.29, 0.717) is 11.7 Å². The first-order chi connectivity index (χ1) is 9.56. The zero-order chi connectivity index (χ0) is 14.6. The van der Waals surface area contributed by atoms with Crippen LogP contribution in [-0.2, 0) is 4.74 Å². The molecule has 1 aromatic rings. The van der Waals surface area contributed by atoms with Crippen LogP contribution in [-0.4, -0.2) is 29.7 Å². The predicted octanol–water partition coefficient (Wildman–Crippen LogP) is 2.11. The summed E-state index contributed by atoms with van der Waals surface area (Å²) in [7, 11) is 0. The molecule has 0 aliphatic carbocycles. The van der Waals surface area contributed by atoms with Crippen molar-refractivity contribution in [1.29, 1.82) is 0 Å². The first kappa shape index (κ1) is 15.0. The molecule has 0 aromatic carbocycles. The molecule has 4 N–H and O–H groups in total. The Kier molecular flexibility index (Phi) is 4.77.